The molecule has 0 aromatic carbocycles. The molecule has 22 heavy (non-hydrogen) atoms. The zero-order valence-corrected chi connectivity index (χ0v) is 15.3. The van der Waals surface area contributed by atoms with Crippen LogP contribution in [0.2, 0.25) is 19.6 Å². The van der Waals surface area contributed by atoms with Crippen LogP contribution in [0.4, 0.5) is 0 Å². The summed E-state index contributed by atoms with van der Waals surface area (Å²) in [5.41, 5.74) is -0.805. The largest absolute Gasteiger partial charge is 0.456 e. The van der Waals surface area contributed by atoms with Crippen molar-refractivity contribution in [1.29, 1.82) is 0 Å². The van der Waals surface area contributed by atoms with E-state index in [0.717, 1.165) is 0 Å². The number of ether oxygens (including phenoxy) is 1. The number of aliphatic hydroxyl groups is 1. The minimum atomic E-state index is -2.24. The molecule has 1 aliphatic rings. The topological polar surface area (TPSA) is 66.8 Å². The SMILES string of the molecule is CC(C)(C)OC(=O)C1(O)C(=O)C=CN1CC/C=C/[Si](C)(C)C. The summed E-state index contributed by atoms with van der Waals surface area (Å²) in [4.78, 5) is 25.5. The van der Waals surface area contributed by atoms with Gasteiger partial charge in [-0.3, -0.25) is 4.79 Å². The molecule has 0 spiro atoms. The molecule has 5 nitrogen and oxygen atoms in total. The summed E-state index contributed by atoms with van der Waals surface area (Å²) in [6, 6.07) is 0. The van der Waals surface area contributed by atoms with Gasteiger partial charge in [0.2, 0.25) is 5.78 Å². The lowest BCUT2D eigenvalue weighted by Crippen LogP contribution is -2.57. The van der Waals surface area contributed by atoms with Gasteiger partial charge in [0.25, 0.3) is 0 Å². The van der Waals surface area contributed by atoms with E-state index < -0.39 is 31.2 Å². The van der Waals surface area contributed by atoms with Crippen LogP contribution in [0.3, 0.4) is 0 Å². The first-order chi connectivity index (χ1) is 9.86. The van der Waals surface area contributed by atoms with Crippen molar-refractivity contribution in [3.05, 3.63) is 24.1 Å². The van der Waals surface area contributed by atoms with Crippen molar-refractivity contribution in [3.63, 3.8) is 0 Å². The van der Waals surface area contributed by atoms with E-state index in [0.29, 0.717) is 13.0 Å². The summed E-state index contributed by atoms with van der Waals surface area (Å²) in [6.45, 7) is 12.1. The van der Waals surface area contributed by atoms with Crippen molar-refractivity contribution in [2.75, 3.05) is 6.54 Å². The number of esters is 1. The Bertz CT molecular complexity index is 499. The number of nitrogens with zero attached hydrogens (tertiary/aromatic N) is 1. The van der Waals surface area contributed by atoms with Gasteiger partial charge in [-0.25, -0.2) is 4.79 Å². The number of hydrogen-bond acceptors (Lipinski definition) is 5. The van der Waals surface area contributed by atoms with Crippen molar-refractivity contribution < 1.29 is 19.4 Å². The monoisotopic (exact) mass is 325 g/mol. The third-order valence-corrected chi connectivity index (χ3v) is 4.24. The fourth-order valence-electron chi connectivity index (χ4n) is 1.98. The first-order valence-corrected chi connectivity index (χ1v) is 11.1. The molecule has 0 saturated heterocycles. The van der Waals surface area contributed by atoms with Crippen LogP contribution in [0, 0.1) is 0 Å². The minimum Gasteiger partial charge on any atom is -0.456 e. The maximum atomic E-state index is 12.2. The Balaban J connectivity index is 2.77. The quantitative estimate of drug-likeness (QED) is 0.477. The van der Waals surface area contributed by atoms with Gasteiger partial charge in [-0.2, -0.15) is 0 Å². The number of hydrogen-bond donors (Lipinski definition) is 1. The van der Waals surface area contributed by atoms with Crippen molar-refractivity contribution >= 4 is 19.8 Å². The lowest BCUT2D eigenvalue weighted by molar-refractivity contribution is -0.192. The Morgan fingerprint density at radius 3 is 2.50 bits per heavy atom. The highest BCUT2D eigenvalue weighted by molar-refractivity contribution is 6.80. The first-order valence-electron chi connectivity index (χ1n) is 7.49. The predicted octanol–water partition coefficient (Wildman–Crippen LogP) is 2.24. The smallest absolute Gasteiger partial charge is 0.369 e. The van der Waals surface area contributed by atoms with Gasteiger partial charge < -0.3 is 14.7 Å². The van der Waals surface area contributed by atoms with E-state index in [2.05, 4.69) is 25.3 Å². The van der Waals surface area contributed by atoms with Gasteiger partial charge in [0.05, 0.1) is 8.07 Å². The molecule has 0 saturated carbocycles. The van der Waals surface area contributed by atoms with E-state index in [4.69, 9.17) is 4.74 Å². The van der Waals surface area contributed by atoms with E-state index in [-0.39, 0.29) is 0 Å². The fourth-order valence-corrected chi connectivity index (χ4v) is 2.85. The van der Waals surface area contributed by atoms with Crippen LogP contribution < -0.4 is 0 Å². The Labute approximate surface area is 133 Å². The molecule has 0 fully saturated rings. The van der Waals surface area contributed by atoms with Crippen LogP contribution in [0.15, 0.2) is 24.1 Å². The highest BCUT2D eigenvalue weighted by atomic mass is 28.3. The van der Waals surface area contributed by atoms with Gasteiger partial charge in [-0.15, -0.1) is 0 Å². The Morgan fingerprint density at radius 1 is 1.41 bits per heavy atom. The summed E-state index contributed by atoms with van der Waals surface area (Å²) in [6.07, 6.45) is 5.35. The van der Waals surface area contributed by atoms with E-state index in [1.54, 1.807) is 20.8 Å². The van der Waals surface area contributed by atoms with Gasteiger partial charge >= 0.3 is 11.7 Å². The molecular formula is C16H27NO4Si. The summed E-state index contributed by atoms with van der Waals surface area (Å²) in [5.74, 6) is -1.58. The third-order valence-electron chi connectivity index (χ3n) is 3.00. The van der Waals surface area contributed by atoms with Crippen LogP contribution in [-0.2, 0) is 14.3 Å². The predicted molar refractivity (Wildman–Crippen MR) is 88.8 cm³/mol. The Morgan fingerprint density at radius 2 is 2.00 bits per heavy atom. The average molecular weight is 325 g/mol. The minimum absolute atomic E-state index is 0.374. The van der Waals surface area contributed by atoms with Crippen molar-refractivity contribution in [2.45, 2.75) is 58.2 Å². The fraction of sp³-hybridized carbons (Fsp3) is 0.625. The molecule has 6 heteroatoms. The van der Waals surface area contributed by atoms with Crippen LogP contribution in [0.1, 0.15) is 27.2 Å². The standard InChI is InChI=1S/C16H27NO4Si/c1-15(2,3)21-14(19)16(20)13(18)9-11-17(16)10-7-8-12-22(4,5)6/h8-9,11-12,20H,7,10H2,1-6H3/b12-8+. The lowest BCUT2D eigenvalue weighted by atomic mass is 10.1. The molecule has 1 heterocycles. The van der Waals surface area contributed by atoms with E-state index in [9.17, 15) is 14.7 Å². The highest BCUT2D eigenvalue weighted by Crippen LogP contribution is 2.25. The molecule has 0 aromatic rings. The van der Waals surface area contributed by atoms with Gasteiger partial charge in [-0.05, 0) is 27.2 Å². The first kappa shape index (κ1) is 18.6. The normalized spacial score (nSPS) is 22.7. The number of carbonyl (C=O) groups excluding carboxylic acids is 2. The summed E-state index contributed by atoms with van der Waals surface area (Å²) >= 11 is 0. The number of ketones is 1. The maximum Gasteiger partial charge on any atom is 0.369 e. The van der Waals surface area contributed by atoms with Crippen molar-refractivity contribution in [2.24, 2.45) is 0 Å². The highest BCUT2D eigenvalue weighted by Gasteiger charge is 2.52. The molecule has 1 unspecified atom stereocenters. The summed E-state index contributed by atoms with van der Waals surface area (Å²) in [5, 5.41) is 10.5. The molecule has 0 radical (unpaired) electrons. The Kier molecular flexibility index (Phi) is 5.41. The molecule has 0 amide bonds. The molecule has 1 atom stereocenters. The van der Waals surface area contributed by atoms with Crippen LogP contribution in [0.5, 0.6) is 0 Å². The number of carbonyl (C=O) groups is 2. The van der Waals surface area contributed by atoms with Crippen LogP contribution >= 0.6 is 0 Å². The maximum absolute atomic E-state index is 12.2. The molecule has 1 N–H and O–H groups in total. The molecule has 124 valence electrons. The van der Waals surface area contributed by atoms with Gasteiger partial charge in [0.15, 0.2) is 0 Å². The van der Waals surface area contributed by atoms with Crippen LogP contribution in [-0.4, -0.2) is 47.7 Å². The third kappa shape index (κ3) is 4.81. The van der Waals surface area contributed by atoms with Gasteiger partial charge in [-0.1, -0.05) is 31.4 Å². The lowest BCUT2D eigenvalue weighted by Gasteiger charge is -2.33. The van der Waals surface area contributed by atoms with Crippen molar-refractivity contribution in [3.8, 4) is 0 Å². The molecule has 0 aliphatic carbocycles. The zero-order chi connectivity index (χ0) is 17.2. The van der Waals surface area contributed by atoms with E-state index >= 15 is 0 Å². The average Bonchev–Trinajstić information content (AvgIpc) is 2.60. The van der Waals surface area contributed by atoms with E-state index in [1.165, 1.54) is 17.2 Å². The molecular weight excluding hydrogens is 298 g/mol. The van der Waals surface area contributed by atoms with Crippen molar-refractivity contribution in [1.82, 2.24) is 4.90 Å². The molecule has 0 bridgehead atoms. The second kappa shape index (κ2) is 6.38. The van der Waals surface area contributed by atoms with E-state index in [1.807, 2.05) is 6.08 Å². The summed E-state index contributed by atoms with van der Waals surface area (Å²) in [7, 11) is -1.27. The second-order valence-corrected chi connectivity index (χ2v) is 12.7. The van der Waals surface area contributed by atoms with Gasteiger partial charge in [0.1, 0.15) is 5.60 Å². The molecule has 0 aromatic heterocycles. The van der Waals surface area contributed by atoms with Crippen LogP contribution in [0.25, 0.3) is 0 Å². The molecule has 1 aliphatic heterocycles. The summed E-state index contributed by atoms with van der Waals surface area (Å²) < 4.78 is 5.18. The zero-order valence-electron chi connectivity index (χ0n) is 14.3. The Hall–Kier alpha value is -1.40. The molecule has 1 rings (SSSR count). The number of rotatable bonds is 5. The van der Waals surface area contributed by atoms with Gasteiger partial charge in [0, 0.05) is 18.8 Å². The second-order valence-electron chi connectivity index (χ2n) is 7.60.